The summed E-state index contributed by atoms with van der Waals surface area (Å²) in [4.78, 5) is 0. The van der Waals surface area contributed by atoms with Gasteiger partial charge in [-0.15, -0.1) is 0 Å². The molecule has 8 nitrogen and oxygen atoms in total. The lowest BCUT2D eigenvalue weighted by molar-refractivity contribution is -0.401. The van der Waals surface area contributed by atoms with Crippen LogP contribution in [0.15, 0.2) is 42.5 Å². The van der Waals surface area contributed by atoms with Gasteiger partial charge in [-0.3, -0.25) is 0 Å². The van der Waals surface area contributed by atoms with E-state index in [2.05, 4.69) is 0 Å². The SMILES string of the molecule is CCOc1ccc(Cc2cc([C@]3(OC)OC(CO)(CO)C(O)C(O)C3O)ccc2Cl)cc1. The molecule has 0 aromatic heterocycles. The van der Waals surface area contributed by atoms with Gasteiger partial charge in [-0.25, -0.2) is 0 Å². The standard InChI is InChI=1S/C23H29ClO8/c1-3-31-17-7-4-14(5-8-17)10-15-11-16(6-9-18(15)24)23(30-2)21(29)19(27)20(28)22(12-25,13-26)32-23/h4-9,11,19-21,25-29H,3,10,12-13H2,1-2H3/t19?,20?,21?,23-/m0/s1. The zero-order valence-electron chi connectivity index (χ0n) is 17.9. The lowest BCUT2D eigenvalue weighted by Crippen LogP contribution is -2.71. The van der Waals surface area contributed by atoms with E-state index >= 15 is 0 Å². The number of hydrogen-bond donors (Lipinski definition) is 5. The molecule has 4 atom stereocenters. The third-order valence-electron chi connectivity index (χ3n) is 5.85. The molecule has 1 fully saturated rings. The summed E-state index contributed by atoms with van der Waals surface area (Å²) in [6.45, 7) is 0.849. The summed E-state index contributed by atoms with van der Waals surface area (Å²) in [6, 6.07) is 12.4. The largest absolute Gasteiger partial charge is 0.494 e. The maximum atomic E-state index is 10.8. The van der Waals surface area contributed by atoms with Crippen LogP contribution in [0.2, 0.25) is 5.02 Å². The molecule has 2 aromatic carbocycles. The van der Waals surface area contributed by atoms with E-state index in [1.165, 1.54) is 7.11 Å². The van der Waals surface area contributed by atoms with Gasteiger partial charge in [0.05, 0.1) is 19.8 Å². The number of aliphatic hydroxyl groups is 5. The molecule has 1 aliphatic heterocycles. The molecule has 3 rings (SSSR count). The first-order valence-corrected chi connectivity index (χ1v) is 10.7. The van der Waals surface area contributed by atoms with Crippen molar-refractivity contribution in [3.05, 3.63) is 64.2 Å². The molecule has 32 heavy (non-hydrogen) atoms. The Morgan fingerprint density at radius 3 is 2.22 bits per heavy atom. The van der Waals surface area contributed by atoms with Gasteiger partial charge in [0.15, 0.2) is 0 Å². The van der Waals surface area contributed by atoms with Crippen molar-refractivity contribution in [1.29, 1.82) is 0 Å². The number of halogens is 1. The minimum Gasteiger partial charge on any atom is -0.494 e. The van der Waals surface area contributed by atoms with Crippen LogP contribution in [-0.4, -0.2) is 76.4 Å². The van der Waals surface area contributed by atoms with E-state index in [1.807, 2.05) is 31.2 Å². The Morgan fingerprint density at radius 2 is 1.66 bits per heavy atom. The van der Waals surface area contributed by atoms with Crippen LogP contribution in [0.25, 0.3) is 0 Å². The Hall–Kier alpha value is -1.75. The fraction of sp³-hybridized carbons (Fsp3) is 0.478. The molecule has 2 aromatic rings. The summed E-state index contributed by atoms with van der Waals surface area (Å²) in [5.74, 6) is -1.22. The van der Waals surface area contributed by atoms with Gasteiger partial charge < -0.3 is 39.7 Å². The highest BCUT2D eigenvalue weighted by molar-refractivity contribution is 6.31. The Kier molecular flexibility index (Phi) is 7.80. The van der Waals surface area contributed by atoms with Gasteiger partial charge in [0.2, 0.25) is 5.79 Å². The van der Waals surface area contributed by atoms with E-state index in [-0.39, 0.29) is 0 Å². The Morgan fingerprint density at radius 1 is 1.00 bits per heavy atom. The van der Waals surface area contributed by atoms with E-state index in [0.717, 1.165) is 11.3 Å². The molecule has 5 N–H and O–H groups in total. The number of ether oxygens (including phenoxy) is 3. The lowest BCUT2D eigenvalue weighted by Gasteiger charge is -2.52. The number of aliphatic hydroxyl groups excluding tert-OH is 5. The van der Waals surface area contributed by atoms with Crippen LogP contribution in [0.3, 0.4) is 0 Å². The molecule has 0 aliphatic carbocycles. The van der Waals surface area contributed by atoms with Crippen molar-refractivity contribution in [1.82, 2.24) is 0 Å². The van der Waals surface area contributed by atoms with Gasteiger partial charge in [-0.1, -0.05) is 29.8 Å². The van der Waals surface area contributed by atoms with Gasteiger partial charge >= 0.3 is 0 Å². The van der Waals surface area contributed by atoms with Crippen molar-refractivity contribution in [2.45, 2.75) is 43.0 Å². The summed E-state index contributed by atoms with van der Waals surface area (Å²) in [6.07, 6.45) is -4.77. The molecule has 9 heteroatoms. The van der Waals surface area contributed by atoms with E-state index in [4.69, 9.17) is 25.8 Å². The van der Waals surface area contributed by atoms with Crippen LogP contribution in [-0.2, 0) is 21.7 Å². The topological polar surface area (TPSA) is 129 Å². The molecule has 1 heterocycles. The third-order valence-corrected chi connectivity index (χ3v) is 6.21. The second-order valence-corrected chi connectivity index (χ2v) is 8.20. The molecule has 0 spiro atoms. The Labute approximate surface area is 191 Å². The van der Waals surface area contributed by atoms with Crippen LogP contribution in [0, 0.1) is 0 Å². The molecule has 0 amide bonds. The third kappa shape index (κ3) is 4.37. The lowest BCUT2D eigenvalue weighted by atomic mass is 9.81. The van der Waals surface area contributed by atoms with Gasteiger partial charge in [0.25, 0.3) is 0 Å². The molecule has 3 unspecified atom stereocenters. The number of hydrogen-bond acceptors (Lipinski definition) is 8. The van der Waals surface area contributed by atoms with Crippen LogP contribution >= 0.6 is 11.6 Å². The zero-order chi connectivity index (χ0) is 23.5. The Balaban J connectivity index is 2.00. The van der Waals surface area contributed by atoms with Gasteiger partial charge in [-0.05, 0) is 48.7 Å². The monoisotopic (exact) mass is 468 g/mol. The molecule has 0 radical (unpaired) electrons. The van der Waals surface area contributed by atoms with Crippen LogP contribution in [0.1, 0.15) is 23.6 Å². The number of methoxy groups -OCH3 is 1. The van der Waals surface area contributed by atoms with E-state index < -0.39 is 42.9 Å². The first-order chi connectivity index (χ1) is 15.3. The minimum absolute atomic E-state index is 0.301. The molecular formula is C23H29ClO8. The van der Waals surface area contributed by atoms with Crippen molar-refractivity contribution < 1.29 is 39.7 Å². The number of benzene rings is 2. The summed E-state index contributed by atoms with van der Waals surface area (Å²) in [5.41, 5.74) is -0.00163. The highest BCUT2D eigenvalue weighted by atomic mass is 35.5. The second kappa shape index (κ2) is 10.0. The normalized spacial score (nSPS) is 27.3. The van der Waals surface area contributed by atoms with Crippen molar-refractivity contribution in [3.63, 3.8) is 0 Å². The molecule has 1 aliphatic rings. The van der Waals surface area contributed by atoms with E-state index in [1.54, 1.807) is 18.2 Å². The molecule has 0 saturated carbocycles. The van der Waals surface area contributed by atoms with Gasteiger partial charge in [-0.2, -0.15) is 0 Å². The predicted octanol–water partition coefficient (Wildman–Crippen LogP) is 0.965. The molecule has 0 bridgehead atoms. The molecule has 1 saturated heterocycles. The first-order valence-electron chi connectivity index (χ1n) is 10.3. The van der Waals surface area contributed by atoms with Gasteiger partial charge in [0, 0.05) is 17.7 Å². The quantitative estimate of drug-likeness (QED) is 0.387. The molecule has 176 valence electrons. The second-order valence-electron chi connectivity index (χ2n) is 7.79. The van der Waals surface area contributed by atoms with E-state index in [9.17, 15) is 25.5 Å². The smallest absolute Gasteiger partial charge is 0.225 e. The predicted molar refractivity (Wildman–Crippen MR) is 117 cm³/mol. The summed E-state index contributed by atoms with van der Waals surface area (Å²) < 4.78 is 16.8. The zero-order valence-corrected chi connectivity index (χ0v) is 18.7. The fourth-order valence-electron chi connectivity index (χ4n) is 3.96. The van der Waals surface area contributed by atoms with Crippen molar-refractivity contribution in [2.75, 3.05) is 26.9 Å². The van der Waals surface area contributed by atoms with E-state index in [0.29, 0.717) is 29.2 Å². The molecular weight excluding hydrogens is 440 g/mol. The van der Waals surface area contributed by atoms with Crippen LogP contribution in [0.5, 0.6) is 5.75 Å². The van der Waals surface area contributed by atoms with Crippen LogP contribution < -0.4 is 4.74 Å². The number of rotatable bonds is 8. The Bertz CT molecular complexity index is 901. The first kappa shape index (κ1) is 24.9. The maximum absolute atomic E-state index is 10.8. The van der Waals surface area contributed by atoms with Crippen molar-refractivity contribution in [2.24, 2.45) is 0 Å². The maximum Gasteiger partial charge on any atom is 0.225 e. The van der Waals surface area contributed by atoms with Crippen LogP contribution in [0.4, 0.5) is 0 Å². The summed E-state index contributed by atoms with van der Waals surface area (Å²) in [5, 5.41) is 51.7. The average molecular weight is 469 g/mol. The minimum atomic E-state index is -1.97. The average Bonchev–Trinajstić information content (AvgIpc) is 2.81. The summed E-state index contributed by atoms with van der Waals surface area (Å²) in [7, 11) is 1.26. The van der Waals surface area contributed by atoms with Gasteiger partial charge in [0.1, 0.15) is 29.7 Å². The van der Waals surface area contributed by atoms with Crippen molar-refractivity contribution in [3.8, 4) is 5.75 Å². The van der Waals surface area contributed by atoms with Crippen molar-refractivity contribution >= 4 is 11.6 Å². The summed E-state index contributed by atoms with van der Waals surface area (Å²) >= 11 is 6.42. The highest BCUT2D eigenvalue weighted by Gasteiger charge is 2.61. The fourth-order valence-corrected chi connectivity index (χ4v) is 4.14. The highest BCUT2D eigenvalue weighted by Crippen LogP contribution is 2.44.